The van der Waals surface area contributed by atoms with E-state index < -0.39 is 0 Å². The van der Waals surface area contributed by atoms with Crippen molar-refractivity contribution in [1.29, 1.82) is 0 Å². The zero-order valence-electron chi connectivity index (χ0n) is 9.04. The zero-order valence-corrected chi connectivity index (χ0v) is 10.6. The first-order valence-corrected chi connectivity index (χ1v) is 6.31. The van der Waals surface area contributed by atoms with Crippen molar-refractivity contribution in [2.75, 3.05) is 11.4 Å². The molecule has 2 rings (SSSR count). The monoisotopic (exact) mass is 268 g/mol. The molecule has 0 unspecified atom stereocenters. The van der Waals surface area contributed by atoms with Crippen molar-refractivity contribution in [2.45, 2.75) is 32.4 Å². The second-order valence-electron chi connectivity index (χ2n) is 3.96. The molecule has 1 aliphatic carbocycles. The van der Waals surface area contributed by atoms with Crippen LogP contribution in [0.3, 0.4) is 0 Å². The van der Waals surface area contributed by atoms with Crippen molar-refractivity contribution >= 4 is 21.6 Å². The van der Waals surface area contributed by atoms with Crippen molar-refractivity contribution in [3.8, 4) is 0 Å². The molecule has 0 aliphatic heterocycles. The number of hydrogen-bond acceptors (Lipinski definition) is 2. The van der Waals surface area contributed by atoms with Crippen LogP contribution in [0.15, 0.2) is 22.7 Å². The van der Waals surface area contributed by atoms with E-state index in [1.807, 2.05) is 0 Å². The highest BCUT2D eigenvalue weighted by molar-refractivity contribution is 9.10. The summed E-state index contributed by atoms with van der Waals surface area (Å²) in [4.78, 5) is 2.47. The number of benzene rings is 1. The maximum Gasteiger partial charge on any atom is 0.0425 e. The van der Waals surface area contributed by atoms with Crippen LogP contribution in [0.4, 0.5) is 5.69 Å². The number of rotatable bonds is 4. The van der Waals surface area contributed by atoms with E-state index in [1.165, 1.54) is 24.1 Å². The van der Waals surface area contributed by atoms with Gasteiger partial charge in [0, 0.05) is 34.9 Å². The Labute approximate surface area is 99.6 Å². The van der Waals surface area contributed by atoms with Crippen LogP contribution in [0.1, 0.15) is 25.3 Å². The summed E-state index contributed by atoms with van der Waals surface area (Å²) in [5.41, 5.74) is 8.34. The number of nitrogens with two attached hydrogens (primary N) is 1. The Morgan fingerprint density at radius 3 is 2.73 bits per heavy atom. The fourth-order valence-electron chi connectivity index (χ4n) is 2.03. The molecule has 1 fully saturated rings. The lowest BCUT2D eigenvalue weighted by Gasteiger charge is -2.25. The second kappa shape index (κ2) is 4.54. The van der Waals surface area contributed by atoms with E-state index >= 15 is 0 Å². The number of halogens is 1. The van der Waals surface area contributed by atoms with E-state index in [4.69, 9.17) is 5.73 Å². The van der Waals surface area contributed by atoms with Gasteiger partial charge in [0.1, 0.15) is 0 Å². The minimum atomic E-state index is 0.597. The Hall–Kier alpha value is -0.540. The number of hydrogen-bond donors (Lipinski definition) is 1. The van der Waals surface area contributed by atoms with Gasteiger partial charge in [-0.3, -0.25) is 0 Å². The van der Waals surface area contributed by atoms with Crippen molar-refractivity contribution in [2.24, 2.45) is 5.73 Å². The predicted octanol–water partition coefficient (Wildman–Crippen LogP) is 2.90. The van der Waals surface area contributed by atoms with Crippen LogP contribution >= 0.6 is 15.9 Å². The highest BCUT2D eigenvalue weighted by Gasteiger charge is 2.29. The van der Waals surface area contributed by atoms with Crippen molar-refractivity contribution in [1.82, 2.24) is 0 Å². The third kappa shape index (κ3) is 2.18. The molecule has 82 valence electrons. The molecule has 0 spiro atoms. The van der Waals surface area contributed by atoms with Gasteiger partial charge in [-0.15, -0.1) is 0 Å². The molecule has 2 N–H and O–H groups in total. The average Bonchev–Trinajstić information content (AvgIpc) is 3.04. The molecule has 0 saturated heterocycles. The molecule has 0 heterocycles. The maximum atomic E-state index is 5.81. The summed E-state index contributed by atoms with van der Waals surface area (Å²) >= 11 is 3.57. The van der Waals surface area contributed by atoms with Gasteiger partial charge in [-0.05, 0) is 31.9 Å². The Balaban J connectivity index is 2.36. The highest BCUT2D eigenvalue weighted by Crippen LogP contribution is 2.35. The summed E-state index contributed by atoms with van der Waals surface area (Å²) in [6, 6.07) is 7.07. The summed E-state index contributed by atoms with van der Waals surface area (Å²) in [5.74, 6) is 0. The fraction of sp³-hybridized carbons (Fsp3) is 0.500. The van der Waals surface area contributed by atoms with Gasteiger partial charge in [-0.25, -0.2) is 0 Å². The first-order chi connectivity index (χ1) is 7.27. The molecule has 1 aromatic rings. The van der Waals surface area contributed by atoms with Gasteiger partial charge in [-0.1, -0.05) is 22.0 Å². The Bertz CT molecular complexity index is 347. The lowest BCUT2D eigenvalue weighted by atomic mass is 10.1. The van der Waals surface area contributed by atoms with E-state index in [0.29, 0.717) is 6.54 Å². The van der Waals surface area contributed by atoms with Crippen LogP contribution in [0.25, 0.3) is 0 Å². The predicted molar refractivity (Wildman–Crippen MR) is 68.1 cm³/mol. The molecular weight excluding hydrogens is 252 g/mol. The molecule has 0 radical (unpaired) electrons. The van der Waals surface area contributed by atoms with E-state index in [2.05, 4.69) is 46.0 Å². The molecular formula is C12H17BrN2. The van der Waals surface area contributed by atoms with E-state index in [0.717, 1.165) is 17.1 Å². The first kappa shape index (κ1) is 11.0. The largest absolute Gasteiger partial charge is 0.369 e. The second-order valence-corrected chi connectivity index (χ2v) is 4.81. The molecule has 0 amide bonds. The van der Waals surface area contributed by atoms with Crippen LogP contribution in [0, 0.1) is 0 Å². The fourth-order valence-corrected chi connectivity index (χ4v) is 2.55. The van der Waals surface area contributed by atoms with Crippen molar-refractivity contribution in [3.63, 3.8) is 0 Å². The maximum absolute atomic E-state index is 5.81. The summed E-state index contributed by atoms with van der Waals surface area (Å²) in [5, 5.41) is 0. The van der Waals surface area contributed by atoms with Gasteiger partial charge < -0.3 is 10.6 Å². The lowest BCUT2D eigenvalue weighted by molar-refractivity contribution is 0.815. The molecule has 0 atom stereocenters. The normalized spacial score (nSPS) is 15.4. The minimum absolute atomic E-state index is 0.597. The number of nitrogens with zero attached hydrogens (tertiary/aromatic N) is 1. The van der Waals surface area contributed by atoms with Crippen LogP contribution in [-0.4, -0.2) is 12.6 Å². The van der Waals surface area contributed by atoms with Gasteiger partial charge in [-0.2, -0.15) is 0 Å². The van der Waals surface area contributed by atoms with Gasteiger partial charge in [0.2, 0.25) is 0 Å². The van der Waals surface area contributed by atoms with Crippen molar-refractivity contribution in [3.05, 3.63) is 28.2 Å². The summed E-state index contributed by atoms with van der Waals surface area (Å²) in [6.07, 6.45) is 2.65. The molecule has 1 aliphatic rings. The molecule has 15 heavy (non-hydrogen) atoms. The number of anilines is 1. The van der Waals surface area contributed by atoms with Crippen LogP contribution in [0.5, 0.6) is 0 Å². The smallest absolute Gasteiger partial charge is 0.0425 e. The Morgan fingerprint density at radius 2 is 2.20 bits per heavy atom. The highest BCUT2D eigenvalue weighted by atomic mass is 79.9. The standard InChI is InChI=1S/C12H17BrN2/c1-2-15(9-6-7-9)12-5-3-4-11(13)10(12)8-14/h3-5,9H,2,6-8,14H2,1H3. The van der Waals surface area contributed by atoms with Crippen LogP contribution in [-0.2, 0) is 6.54 Å². The molecule has 0 aromatic heterocycles. The Kier molecular flexibility index (Phi) is 3.32. The Morgan fingerprint density at radius 1 is 1.47 bits per heavy atom. The van der Waals surface area contributed by atoms with E-state index in [1.54, 1.807) is 0 Å². The average molecular weight is 269 g/mol. The topological polar surface area (TPSA) is 29.3 Å². The third-order valence-corrected chi connectivity index (χ3v) is 3.68. The van der Waals surface area contributed by atoms with Gasteiger partial charge in [0.25, 0.3) is 0 Å². The summed E-state index contributed by atoms with van der Waals surface area (Å²) in [7, 11) is 0. The lowest BCUT2D eigenvalue weighted by Crippen LogP contribution is -2.26. The molecule has 1 saturated carbocycles. The van der Waals surface area contributed by atoms with Crippen LogP contribution < -0.4 is 10.6 Å². The first-order valence-electron chi connectivity index (χ1n) is 5.52. The quantitative estimate of drug-likeness (QED) is 0.910. The minimum Gasteiger partial charge on any atom is -0.369 e. The van der Waals surface area contributed by atoms with Gasteiger partial charge in [0.05, 0.1) is 0 Å². The van der Waals surface area contributed by atoms with Gasteiger partial charge in [0.15, 0.2) is 0 Å². The SMILES string of the molecule is CCN(c1cccc(Br)c1CN)C1CC1. The molecule has 0 bridgehead atoms. The molecule has 3 heteroatoms. The van der Waals surface area contributed by atoms with Crippen LogP contribution in [0.2, 0.25) is 0 Å². The summed E-state index contributed by atoms with van der Waals surface area (Å²) < 4.78 is 1.13. The third-order valence-electron chi connectivity index (χ3n) is 2.94. The summed E-state index contributed by atoms with van der Waals surface area (Å²) in [6.45, 7) is 3.87. The van der Waals surface area contributed by atoms with Gasteiger partial charge >= 0.3 is 0 Å². The van der Waals surface area contributed by atoms with Crippen molar-refractivity contribution < 1.29 is 0 Å². The van der Waals surface area contributed by atoms with E-state index in [-0.39, 0.29) is 0 Å². The molecule has 1 aromatic carbocycles. The van der Waals surface area contributed by atoms with E-state index in [9.17, 15) is 0 Å². The zero-order chi connectivity index (χ0) is 10.8. The molecule has 2 nitrogen and oxygen atoms in total.